The number of aryl methyl sites for hydroxylation is 2. The Kier molecular flexibility index (Phi) is 7.69. The number of phenolic OH excluding ortho intramolecular Hbond substituents is 2. The standard InChI is InChI=1S/C17H18ClN3O.C17H19N3O/c1-10-7-12(17(2,3)4)16(22)15(8-10)21-19-13-6-5-11(18)9-14(13)20-21;1-11-9-12(17(2,3)4)16(21)15(10-11)20-18-13-7-5-6-8-14(13)19-20/h5-9,22H,1-4H3;5-10,21H,1-4H3. The molecule has 8 nitrogen and oxygen atoms in total. The second-order valence-corrected chi connectivity index (χ2v) is 13.4. The molecule has 0 aliphatic rings. The molecule has 0 aliphatic heterocycles. The minimum atomic E-state index is -0.166. The third kappa shape index (κ3) is 6.20. The minimum Gasteiger partial charge on any atom is -0.505 e. The first kappa shape index (κ1) is 30.0. The van der Waals surface area contributed by atoms with Gasteiger partial charge in [0.25, 0.3) is 0 Å². The zero-order valence-corrected chi connectivity index (χ0v) is 26.6. The van der Waals surface area contributed by atoms with Crippen molar-refractivity contribution in [3.63, 3.8) is 0 Å². The molecule has 0 unspecified atom stereocenters. The number of aromatic nitrogens is 6. The van der Waals surface area contributed by atoms with E-state index >= 15 is 0 Å². The molecule has 0 aliphatic carbocycles. The van der Waals surface area contributed by atoms with Crippen LogP contribution in [0.4, 0.5) is 0 Å². The summed E-state index contributed by atoms with van der Waals surface area (Å²) < 4.78 is 0. The number of benzene rings is 4. The summed E-state index contributed by atoms with van der Waals surface area (Å²) in [6.45, 7) is 16.5. The zero-order valence-electron chi connectivity index (χ0n) is 25.8. The highest BCUT2D eigenvalue weighted by molar-refractivity contribution is 6.31. The second kappa shape index (κ2) is 11.0. The number of hydrogen-bond acceptors (Lipinski definition) is 6. The van der Waals surface area contributed by atoms with E-state index in [4.69, 9.17) is 11.6 Å². The molecule has 0 amide bonds. The quantitative estimate of drug-likeness (QED) is 0.209. The van der Waals surface area contributed by atoms with Crippen LogP contribution in [0.25, 0.3) is 33.4 Å². The lowest BCUT2D eigenvalue weighted by atomic mass is 9.85. The lowest BCUT2D eigenvalue weighted by molar-refractivity contribution is 0.439. The molecule has 0 saturated heterocycles. The summed E-state index contributed by atoms with van der Waals surface area (Å²) in [6.07, 6.45) is 0. The van der Waals surface area contributed by atoms with Crippen molar-refractivity contribution in [1.82, 2.24) is 30.0 Å². The summed E-state index contributed by atoms with van der Waals surface area (Å²) in [5.41, 5.74) is 7.87. The molecule has 43 heavy (non-hydrogen) atoms. The number of phenols is 2. The van der Waals surface area contributed by atoms with Crippen molar-refractivity contribution >= 4 is 33.7 Å². The Bertz CT molecular complexity index is 1930. The van der Waals surface area contributed by atoms with Gasteiger partial charge in [0.1, 0.15) is 44.9 Å². The average molecular weight is 597 g/mol. The van der Waals surface area contributed by atoms with Gasteiger partial charge in [-0.2, -0.15) is 0 Å². The predicted molar refractivity (Wildman–Crippen MR) is 173 cm³/mol. The van der Waals surface area contributed by atoms with Gasteiger partial charge in [-0.1, -0.05) is 77.4 Å². The van der Waals surface area contributed by atoms with Crippen molar-refractivity contribution in [2.45, 2.75) is 66.2 Å². The number of fused-ring (bicyclic) bond motifs is 2. The van der Waals surface area contributed by atoms with Gasteiger partial charge in [-0.3, -0.25) is 0 Å². The molecule has 4 aromatic carbocycles. The van der Waals surface area contributed by atoms with E-state index in [0.717, 1.165) is 38.8 Å². The van der Waals surface area contributed by atoms with E-state index in [-0.39, 0.29) is 22.3 Å². The second-order valence-electron chi connectivity index (χ2n) is 13.0. The molecule has 2 N–H and O–H groups in total. The van der Waals surface area contributed by atoms with Crippen LogP contribution < -0.4 is 0 Å². The van der Waals surface area contributed by atoms with E-state index in [1.54, 1.807) is 12.1 Å². The highest BCUT2D eigenvalue weighted by Gasteiger charge is 2.23. The van der Waals surface area contributed by atoms with Gasteiger partial charge in [0.2, 0.25) is 0 Å². The fourth-order valence-corrected chi connectivity index (χ4v) is 5.10. The third-order valence-corrected chi connectivity index (χ3v) is 7.38. The minimum absolute atomic E-state index is 0.141. The number of rotatable bonds is 2. The normalized spacial score (nSPS) is 12.0. The molecule has 0 bridgehead atoms. The molecular weight excluding hydrogens is 560 g/mol. The van der Waals surface area contributed by atoms with Crippen molar-refractivity contribution in [2.75, 3.05) is 0 Å². The Labute approximate surface area is 256 Å². The summed E-state index contributed by atoms with van der Waals surface area (Å²) >= 11 is 5.99. The Morgan fingerprint density at radius 1 is 0.558 bits per heavy atom. The third-order valence-electron chi connectivity index (χ3n) is 7.14. The van der Waals surface area contributed by atoms with Crippen molar-refractivity contribution in [1.29, 1.82) is 0 Å². The van der Waals surface area contributed by atoms with E-state index in [2.05, 4.69) is 61.9 Å². The smallest absolute Gasteiger partial charge is 0.146 e. The Morgan fingerprint density at radius 3 is 1.37 bits per heavy atom. The number of hydrogen-bond donors (Lipinski definition) is 2. The fourth-order valence-electron chi connectivity index (χ4n) is 4.93. The molecule has 0 radical (unpaired) electrons. The van der Waals surface area contributed by atoms with Crippen molar-refractivity contribution in [3.05, 3.63) is 94.0 Å². The number of aromatic hydroxyl groups is 2. The summed E-state index contributed by atoms with van der Waals surface area (Å²) in [7, 11) is 0. The van der Waals surface area contributed by atoms with E-state index in [0.29, 0.717) is 21.9 Å². The van der Waals surface area contributed by atoms with Crippen LogP contribution in [-0.4, -0.2) is 40.2 Å². The van der Waals surface area contributed by atoms with Crippen LogP contribution in [0.2, 0.25) is 5.02 Å². The molecule has 0 saturated carbocycles. The first-order valence-corrected chi connectivity index (χ1v) is 14.5. The number of nitrogens with zero attached hydrogens (tertiary/aromatic N) is 6. The van der Waals surface area contributed by atoms with Gasteiger partial charge >= 0.3 is 0 Å². The Morgan fingerprint density at radius 2 is 0.953 bits per heavy atom. The molecule has 222 valence electrons. The van der Waals surface area contributed by atoms with Crippen LogP contribution in [-0.2, 0) is 10.8 Å². The van der Waals surface area contributed by atoms with E-state index in [1.165, 1.54) is 9.59 Å². The monoisotopic (exact) mass is 596 g/mol. The van der Waals surface area contributed by atoms with Crippen LogP contribution in [0.1, 0.15) is 63.8 Å². The zero-order chi connectivity index (χ0) is 31.3. The summed E-state index contributed by atoms with van der Waals surface area (Å²) in [5, 5.41) is 39.7. The van der Waals surface area contributed by atoms with Crippen LogP contribution in [0, 0.1) is 13.8 Å². The first-order valence-electron chi connectivity index (χ1n) is 14.2. The molecule has 0 fully saturated rings. The van der Waals surface area contributed by atoms with Crippen molar-refractivity contribution in [3.8, 4) is 22.9 Å². The molecule has 2 aromatic heterocycles. The maximum Gasteiger partial charge on any atom is 0.146 e. The Hall–Kier alpha value is -4.43. The lowest BCUT2D eigenvalue weighted by Gasteiger charge is -2.22. The SMILES string of the molecule is Cc1cc(-n2nc3ccc(Cl)cc3n2)c(O)c(C(C)(C)C)c1.Cc1cc(-n2nc3ccccc3n2)c(O)c(C(C)(C)C)c1. The molecular formula is C34H37ClN6O2. The van der Waals surface area contributed by atoms with Gasteiger partial charge in [-0.05, 0) is 78.3 Å². The summed E-state index contributed by atoms with van der Waals surface area (Å²) in [4.78, 5) is 2.99. The average Bonchev–Trinajstić information content (AvgIpc) is 3.54. The fraction of sp³-hybridized carbons (Fsp3) is 0.294. The Balaban J connectivity index is 0.000000171. The van der Waals surface area contributed by atoms with Gasteiger partial charge in [-0.15, -0.1) is 30.0 Å². The molecule has 6 rings (SSSR count). The highest BCUT2D eigenvalue weighted by Crippen LogP contribution is 2.37. The molecule has 9 heteroatoms. The van der Waals surface area contributed by atoms with E-state index in [9.17, 15) is 10.2 Å². The number of halogens is 1. The topological polar surface area (TPSA) is 102 Å². The van der Waals surface area contributed by atoms with Gasteiger partial charge in [-0.25, -0.2) is 0 Å². The summed E-state index contributed by atoms with van der Waals surface area (Å²) in [5.74, 6) is 0.456. The van der Waals surface area contributed by atoms with Crippen molar-refractivity contribution in [2.24, 2.45) is 0 Å². The predicted octanol–water partition coefficient (Wildman–Crippen LogP) is 8.12. The van der Waals surface area contributed by atoms with Gasteiger partial charge in [0, 0.05) is 16.1 Å². The van der Waals surface area contributed by atoms with E-state index in [1.807, 2.05) is 68.4 Å². The maximum atomic E-state index is 10.7. The van der Waals surface area contributed by atoms with Crippen LogP contribution in [0.15, 0.2) is 66.7 Å². The molecule has 0 atom stereocenters. The van der Waals surface area contributed by atoms with Gasteiger partial charge in [0.15, 0.2) is 0 Å². The highest BCUT2D eigenvalue weighted by atomic mass is 35.5. The summed E-state index contributed by atoms with van der Waals surface area (Å²) in [6, 6.07) is 20.8. The van der Waals surface area contributed by atoms with Gasteiger partial charge < -0.3 is 10.2 Å². The van der Waals surface area contributed by atoms with Crippen LogP contribution in [0.5, 0.6) is 11.5 Å². The van der Waals surface area contributed by atoms with E-state index < -0.39 is 0 Å². The molecule has 6 aromatic rings. The lowest BCUT2D eigenvalue weighted by Crippen LogP contribution is -2.13. The van der Waals surface area contributed by atoms with Gasteiger partial charge in [0.05, 0.1) is 0 Å². The van der Waals surface area contributed by atoms with Crippen LogP contribution in [0.3, 0.4) is 0 Å². The van der Waals surface area contributed by atoms with Crippen molar-refractivity contribution < 1.29 is 10.2 Å². The molecule has 0 spiro atoms. The first-order chi connectivity index (χ1) is 20.1. The maximum absolute atomic E-state index is 10.7. The molecule has 2 heterocycles. The largest absolute Gasteiger partial charge is 0.505 e. The van der Waals surface area contributed by atoms with Crippen LogP contribution >= 0.6 is 11.6 Å².